The number of anilines is 1. The zero-order valence-corrected chi connectivity index (χ0v) is 18.3. The molecule has 1 aliphatic heterocycles. The molecule has 0 saturated heterocycles. The third-order valence-corrected chi connectivity index (χ3v) is 6.46. The molecule has 0 radical (unpaired) electrons. The van der Waals surface area contributed by atoms with Crippen LogP contribution in [-0.4, -0.2) is 23.3 Å². The highest BCUT2D eigenvalue weighted by Gasteiger charge is 2.43. The molecule has 29 heavy (non-hydrogen) atoms. The lowest BCUT2D eigenvalue weighted by atomic mass is 9.78. The molecule has 1 atom stereocenters. The number of aromatic nitrogens is 1. The highest BCUT2D eigenvalue weighted by molar-refractivity contribution is 9.10. The zero-order chi connectivity index (χ0) is 20.5. The molecule has 0 spiro atoms. The van der Waals surface area contributed by atoms with Gasteiger partial charge in [0.25, 0.3) is 0 Å². The van der Waals surface area contributed by atoms with Gasteiger partial charge < -0.3 is 10.5 Å². The number of esters is 1. The number of carbonyl (C=O) groups is 2. The maximum absolute atomic E-state index is 13.1. The Balaban J connectivity index is 1.97. The lowest BCUT2D eigenvalue weighted by Gasteiger charge is -2.39. The number of halogens is 1. The van der Waals surface area contributed by atoms with E-state index in [9.17, 15) is 9.59 Å². The fraction of sp³-hybridized carbons (Fsp3) is 0.286. The number of ether oxygens (including phenoxy) is 1. The Morgan fingerprint density at radius 2 is 2.21 bits per heavy atom. The fourth-order valence-corrected chi connectivity index (χ4v) is 4.98. The number of ketones is 1. The molecule has 0 unspecified atom stereocenters. The van der Waals surface area contributed by atoms with Crippen LogP contribution in [0.3, 0.4) is 0 Å². The summed E-state index contributed by atoms with van der Waals surface area (Å²) in [6.45, 7) is 1.98. The van der Waals surface area contributed by atoms with Crippen LogP contribution in [0.5, 0.6) is 0 Å². The van der Waals surface area contributed by atoms with Crippen LogP contribution in [0.1, 0.15) is 37.0 Å². The normalized spacial score (nSPS) is 19.4. The smallest absolute Gasteiger partial charge is 0.338 e. The number of nitrogens with two attached hydrogens (primary N) is 1. The van der Waals surface area contributed by atoms with E-state index in [1.54, 1.807) is 18.0 Å². The van der Waals surface area contributed by atoms with Crippen molar-refractivity contribution in [1.82, 2.24) is 4.98 Å². The van der Waals surface area contributed by atoms with Gasteiger partial charge in [-0.25, -0.2) is 9.78 Å². The molecule has 0 amide bonds. The summed E-state index contributed by atoms with van der Waals surface area (Å²) in [4.78, 5) is 33.2. The van der Waals surface area contributed by atoms with Gasteiger partial charge in [-0.05, 0) is 59.3 Å². The van der Waals surface area contributed by atoms with E-state index in [1.165, 1.54) is 11.3 Å². The Morgan fingerprint density at radius 1 is 1.38 bits per heavy atom. The van der Waals surface area contributed by atoms with Crippen LogP contribution in [0, 0.1) is 0 Å². The number of rotatable bonds is 4. The van der Waals surface area contributed by atoms with Crippen molar-refractivity contribution >= 4 is 44.8 Å². The van der Waals surface area contributed by atoms with Crippen LogP contribution in [0.2, 0.25) is 0 Å². The monoisotopic (exact) mass is 473 g/mol. The number of carbonyl (C=O) groups excluding carboxylic acids is 2. The number of allylic oxidation sites excluding steroid dienone is 2. The first-order valence-electron chi connectivity index (χ1n) is 9.41. The molecule has 0 fully saturated rings. The SMILES string of the molecule is CCOC(=O)C1=C(N)N(c2ccc(Br)cn2)C2=C(C(=O)CCC2)[C@H]1c1cccs1. The van der Waals surface area contributed by atoms with Gasteiger partial charge in [0.2, 0.25) is 0 Å². The number of thiophene rings is 1. The van der Waals surface area contributed by atoms with E-state index in [1.807, 2.05) is 29.6 Å². The summed E-state index contributed by atoms with van der Waals surface area (Å²) in [6.07, 6.45) is 3.56. The lowest BCUT2D eigenvalue weighted by Crippen LogP contribution is -2.41. The van der Waals surface area contributed by atoms with Crippen molar-refractivity contribution < 1.29 is 14.3 Å². The predicted octanol–water partition coefficient (Wildman–Crippen LogP) is 4.25. The van der Waals surface area contributed by atoms with Crippen LogP contribution in [0.4, 0.5) is 5.82 Å². The van der Waals surface area contributed by atoms with Crippen molar-refractivity contribution in [3.05, 3.63) is 67.9 Å². The van der Waals surface area contributed by atoms with Gasteiger partial charge in [-0.3, -0.25) is 9.69 Å². The molecule has 1 aliphatic carbocycles. The molecular weight excluding hydrogens is 454 g/mol. The topological polar surface area (TPSA) is 85.5 Å². The minimum atomic E-state index is -0.511. The average molecular weight is 474 g/mol. The van der Waals surface area contributed by atoms with Crippen molar-refractivity contribution in [2.45, 2.75) is 32.1 Å². The molecule has 0 bridgehead atoms. The summed E-state index contributed by atoms with van der Waals surface area (Å²) in [6, 6.07) is 7.52. The largest absolute Gasteiger partial charge is 0.463 e. The molecule has 0 aromatic carbocycles. The number of Topliss-reactive ketones (excluding diaryl/α,β-unsaturated/α-hetero) is 1. The van der Waals surface area contributed by atoms with Gasteiger partial charge in [0.05, 0.1) is 18.1 Å². The van der Waals surface area contributed by atoms with Crippen molar-refractivity contribution in [1.29, 1.82) is 0 Å². The van der Waals surface area contributed by atoms with Crippen molar-refractivity contribution in [2.75, 3.05) is 11.5 Å². The van der Waals surface area contributed by atoms with Gasteiger partial charge in [-0.2, -0.15) is 0 Å². The van der Waals surface area contributed by atoms with Crippen LogP contribution in [0.15, 0.2) is 63.0 Å². The predicted molar refractivity (Wildman–Crippen MR) is 115 cm³/mol. The zero-order valence-electron chi connectivity index (χ0n) is 15.9. The molecule has 4 rings (SSSR count). The number of nitrogens with zero attached hydrogens (tertiary/aromatic N) is 2. The van der Waals surface area contributed by atoms with E-state index in [4.69, 9.17) is 10.5 Å². The van der Waals surface area contributed by atoms with Gasteiger partial charge >= 0.3 is 5.97 Å². The fourth-order valence-electron chi connectivity index (χ4n) is 3.90. The first kappa shape index (κ1) is 19.8. The standard InChI is InChI=1S/C21H20BrN3O3S/c1-2-28-21(27)19-18(15-7-4-10-29-15)17-13(5-3-6-14(17)26)25(20(19)23)16-9-8-12(22)11-24-16/h4,7-11,18H,2-3,5-6,23H2,1H3/t18-/m1/s1. The second-order valence-corrected chi connectivity index (χ2v) is 8.67. The number of hydrogen-bond donors (Lipinski definition) is 1. The maximum atomic E-state index is 13.1. The summed E-state index contributed by atoms with van der Waals surface area (Å²) in [5.41, 5.74) is 8.33. The van der Waals surface area contributed by atoms with E-state index in [0.717, 1.165) is 21.5 Å². The highest BCUT2D eigenvalue weighted by Crippen LogP contribution is 2.47. The first-order chi connectivity index (χ1) is 14.0. The summed E-state index contributed by atoms with van der Waals surface area (Å²) in [5, 5.41) is 1.94. The van der Waals surface area contributed by atoms with E-state index in [-0.39, 0.29) is 18.2 Å². The lowest BCUT2D eigenvalue weighted by molar-refractivity contribution is -0.138. The van der Waals surface area contributed by atoms with Crippen LogP contribution in [0.25, 0.3) is 0 Å². The van der Waals surface area contributed by atoms with Crippen LogP contribution in [-0.2, 0) is 14.3 Å². The quantitative estimate of drug-likeness (QED) is 0.667. The van der Waals surface area contributed by atoms with Gasteiger partial charge in [-0.15, -0.1) is 11.3 Å². The van der Waals surface area contributed by atoms with E-state index >= 15 is 0 Å². The molecular formula is C21H20BrN3O3S. The van der Waals surface area contributed by atoms with Gasteiger partial charge in [0, 0.05) is 33.2 Å². The molecule has 2 N–H and O–H groups in total. The summed E-state index contributed by atoms with van der Waals surface area (Å²) in [7, 11) is 0. The van der Waals surface area contributed by atoms with Gasteiger partial charge in [0.15, 0.2) is 5.78 Å². The minimum absolute atomic E-state index is 0.0426. The second-order valence-electron chi connectivity index (χ2n) is 6.77. The first-order valence-corrected chi connectivity index (χ1v) is 11.1. The highest BCUT2D eigenvalue weighted by atomic mass is 79.9. The van der Waals surface area contributed by atoms with Crippen LogP contribution >= 0.6 is 27.3 Å². The number of hydrogen-bond acceptors (Lipinski definition) is 7. The van der Waals surface area contributed by atoms with Gasteiger partial charge in [-0.1, -0.05) is 6.07 Å². The Labute approximate surface area is 181 Å². The third-order valence-electron chi connectivity index (χ3n) is 5.06. The van der Waals surface area contributed by atoms with Crippen molar-refractivity contribution in [3.8, 4) is 0 Å². The average Bonchev–Trinajstić information content (AvgIpc) is 3.23. The maximum Gasteiger partial charge on any atom is 0.338 e. The molecule has 2 aliphatic rings. The molecule has 2 aromatic heterocycles. The summed E-state index contributed by atoms with van der Waals surface area (Å²) < 4.78 is 6.17. The van der Waals surface area contributed by atoms with E-state index < -0.39 is 11.9 Å². The summed E-state index contributed by atoms with van der Waals surface area (Å²) >= 11 is 4.89. The minimum Gasteiger partial charge on any atom is -0.463 e. The van der Waals surface area contributed by atoms with Crippen LogP contribution < -0.4 is 10.6 Å². The third kappa shape index (κ3) is 3.51. The Kier molecular flexibility index (Phi) is 5.56. The molecule has 0 saturated carbocycles. The molecule has 3 heterocycles. The van der Waals surface area contributed by atoms with Gasteiger partial charge in [0.1, 0.15) is 11.6 Å². The molecule has 8 heteroatoms. The Morgan fingerprint density at radius 3 is 2.86 bits per heavy atom. The molecule has 150 valence electrons. The number of pyridine rings is 1. The molecule has 6 nitrogen and oxygen atoms in total. The van der Waals surface area contributed by atoms with Crippen molar-refractivity contribution in [2.24, 2.45) is 5.73 Å². The van der Waals surface area contributed by atoms with E-state index in [0.29, 0.717) is 29.8 Å². The van der Waals surface area contributed by atoms with E-state index in [2.05, 4.69) is 20.9 Å². The Hall–Kier alpha value is -2.45. The molecule has 2 aromatic rings. The second kappa shape index (κ2) is 8.12. The van der Waals surface area contributed by atoms with Crippen molar-refractivity contribution in [3.63, 3.8) is 0 Å². The Bertz CT molecular complexity index is 1010. The summed E-state index contributed by atoms with van der Waals surface area (Å²) in [5.74, 6) is -0.135.